The van der Waals surface area contributed by atoms with E-state index in [0.29, 0.717) is 11.6 Å². The van der Waals surface area contributed by atoms with Gasteiger partial charge < -0.3 is 4.74 Å². The molecule has 0 bridgehead atoms. The van der Waals surface area contributed by atoms with Gasteiger partial charge in [-0.1, -0.05) is 13.8 Å². The van der Waals surface area contributed by atoms with Crippen molar-refractivity contribution >= 4 is 17.3 Å². The molecule has 0 atom stereocenters. The van der Waals surface area contributed by atoms with Gasteiger partial charge in [0, 0.05) is 11.1 Å². The molecule has 3 nitrogen and oxygen atoms in total. The maximum absolute atomic E-state index is 11.0. The standard InChI is InChI=1S/C7H9NO2S.C2H6/c1-3-10-7(9)6-8-5(2)4-11-6;1-2/h4H,3H2,1-2H3;1-2H3. The van der Waals surface area contributed by atoms with Crippen LogP contribution in [0.2, 0.25) is 0 Å². The van der Waals surface area contributed by atoms with Gasteiger partial charge in [0.2, 0.25) is 5.01 Å². The van der Waals surface area contributed by atoms with Crippen LogP contribution in [0.4, 0.5) is 0 Å². The quantitative estimate of drug-likeness (QED) is 0.690. The lowest BCUT2D eigenvalue weighted by Crippen LogP contribution is -2.03. The number of carbonyl (C=O) groups is 1. The van der Waals surface area contributed by atoms with Gasteiger partial charge in [0.05, 0.1) is 6.61 Å². The van der Waals surface area contributed by atoms with Crippen LogP contribution in [-0.4, -0.2) is 17.6 Å². The first kappa shape index (κ1) is 12.1. The number of hydrogen-bond donors (Lipinski definition) is 0. The number of carbonyl (C=O) groups excluding carboxylic acids is 1. The molecule has 0 unspecified atom stereocenters. The summed E-state index contributed by atoms with van der Waals surface area (Å²) >= 11 is 1.31. The summed E-state index contributed by atoms with van der Waals surface area (Å²) in [6.07, 6.45) is 0. The molecule has 1 aromatic heterocycles. The fourth-order valence-electron chi connectivity index (χ4n) is 0.641. The molecule has 0 spiro atoms. The number of nitrogens with zero attached hydrogens (tertiary/aromatic N) is 1. The van der Waals surface area contributed by atoms with Gasteiger partial charge in [-0.15, -0.1) is 11.3 Å². The van der Waals surface area contributed by atoms with Crippen LogP contribution in [0.3, 0.4) is 0 Å². The lowest BCUT2D eigenvalue weighted by molar-refractivity contribution is 0.0526. The van der Waals surface area contributed by atoms with Crippen molar-refractivity contribution in [1.29, 1.82) is 0 Å². The predicted octanol–water partition coefficient (Wildman–Crippen LogP) is 2.65. The normalized spacial score (nSPS) is 8.62. The lowest BCUT2D eigenvalue weighted by Gasteiger charge is -1.94. The number of esters is 1. The monoisotopic (exact) mass is 201 g/mol. The van der Waals surface area contributed by atoms with Crippen LogP contribution in [0.1, 0.15) is 36.3 Å². The van der Waals surface area contributed by atoms with Gasteiger partial charge in [0.1, 0.15) is 0 Å². The van der Waals surface area contributed by atoms with E-state index < -0.39 is 0 Å². The highest BCUT2D eigenvalue weighted by Crippen LogP contribution is 2.09. The summed E-state index contributed by atoms with van der Waals surface area (Å²) in [6.45, 7) is 8.02. The molecular weight excluding hydrogens is 186 g/mol. The Balaban J connectivity index is 0.000000671. The molecule has 1 aromatic rings. The molecule has 1 heterocycles. The van der Waals surface area contributed by atoms with Crippen LogP contribution < -0.4 is 0 Å². The molecule has 0 radical (unpaired) electrons. The van der Waals surface area contributed by atoms with Gasteiger partial charge >= 0.3 is 5.97 Å². The van der Waals surface area contributed by atoms with Gasteiger partial charge in [-0.3, -0.25) is 0 Å². The first-order chi connectivity index (χ1) is 6.24. The zero-order valence-corrected chi connectivity index (χ0v) is 9.27. The molecule has 1 rings (SSSR count). The van der Waals surface area contributed by atoms with Crippen LogP contribution in [0, 0.1) is 6.92 Å². The molecule has 0 N–H and O–H groups in total. The van der Waals surface area contributed by atoms with Crippen molar-refractivity contribution in [2.45, 2.75) is 27.7 Å². The molecule has 0 aromatic carbocycles. The minimum Gasteiger partial charge on any atom is -0.461 e. The van der Waals surface area contributed by atoms with E-state index in [-0.39, 0.29) is 5.97 Å². The van der Waals surface area contributed by atoms with Crippen LogP contribution in [0.5, 0.6) is 0 Å². The van der Waals surface area contributed by atoms with E-state index in [1.165, 1.54) is 11.3 Å². The Morgan fingerprint density at radius 1 is 1.62 bits per heavy atom. The first-order valence-electron chi connectivity index (χ1n) is 4.33. The predicted molar refractivity (Wildman–Crippen MR) is 54.2 cm³/mol. The summed E-state index contributed by atoms with van der Waals surface area (Å²) in [6, 6.07) is 0. The van der Waals surface area contributed by atoms with Crippen LogP contribution >= 0.6 is 11.3 Å². The zero-order valence-electron chi connectivity index (χ0n) is 8.46. The van der Waals surface area contributed by atoms with Crippen molar-refractivity contribution < 1.29 is 9.53 Å². The average molecular weight is 201 g/mol. The molecule has 0 aliphatic carbocycles. The molecule has 0 fully saturated rings. The third kappa shape index (κ3) is 4.03. The first-order valence-corrected chi connectivity index (χ1v) is 5.21. The molecule has 0 saturated carbocycles. The van der Waals surface area contributed by atoms with Crippen molar-refractivity contribution in [2.24, 2.45) is 0 Å². The number of ether oxygens (including phenoxy) is 1. The smallest absolute Gasteiger partial charge is 0.367 e. The highest BCUT2D eigenvalue weighted by Gasteiger charge is 2.09. The number of hydrogen-bond acceptors (Lipinski definition) is 4. The summed E-state index contributed by atoms with van der Waals surface area (Å²) in [4.78, 5) is 15.0. The maximum atomic E-state index is 11.0. The third-order valence-electron chi connectivity index (χ3n) is 1.07. The largest absolute Gasteiger partial charge is 0.461 e. The Bertz CT molecular complexity index is 258. The van der Waals surface area contributed by atoms with E-state index in [0.717, 1.165) is 5.69 Å². The van der Waals surface area contributed by atoms with Crippen molar-refractivity contribution in [3.05, 3.63) is 16.1 Å². The Labute approximate surface area is 82.8 Å². The molecule has 4 heteroatoms. The Kier molecular flexibility index (Phi) is 6.14. The van der Waals surface area contributed by atoms with E-state index in [1.54, 1.807) is 6.92 Å². The summed E-state index contributed by atoms with van der Waals surface area (Å²) in [7, 11) is 0. The van der Waals surface area contributed by atoms with Crippen molar-refractivity contribution in [1.82, 2.24) is 4.98 Å². The Hall–Kier alpha value is -0.900. The topological polar surface area (TPSA) is 39.2 Å². The van der Waals surface area contributed by atoms with Gasteiger partial charge in [0.25, 0.3) is 0 Å². The third-order valence-corrected chi connectivity index (χ3v) is 2.01. The molecule has 0 aliphatic heterocycles. The molecule has 0 saturated heterocycles. The molecule has 0 amide bonds. The van der Waals surface area contributed by atoms with Crippen LogP contribution in [0.25, 0.3) is 0 Å². The van der Waals surface area contributed by atoms with E-state index in [2.05, 4.69) is 4.98 Å². The van der Waals surface area contributed by atoms with Crippen molar-refractivity contribution in [3.8, 4) is 0 Å². The van der Waals surface area contributed by atoms with E-state index in [1.807, 2.05) is 26.2 Å². The van der Waals surface area contributed by atoms with Gasteiger partial charge in [-0.25, -0.2) is 9.78 Å². The van der Waals surface area contributed by atoms with Crippen LogP contribution in [-0.2, 0) is 4.74 Å². The minimum absolute atomic E-state index is 0.328. The number of aromatic nitrogens is 1. The van der Waals surface area contributed by atoms with Crippen LogP contribution in [0.15, 0.2) is 5.38 Å². The minimum atomic E-state index is -0.328. The molecule has 13 heavy (non-hydrogen) atoms. The fraction of sp³-hybridized carbons (Fsp3) is 0.556. The fourth-order valence-corrected chi connectivity index (χ4v) is 1.33. The van der Waals surface area contributed by atoms with E-state index >= 15 is 0 Å². The van der Waals surface area contributed by atoms with E-state index in [4.69, 9.17) is 4.74 Å². The lowest BCUT2D eigenvalue weighted by atomic mass is 10.6. The Morgan fingerprint density at radius 2 is 2.23 bits per heavy atom. The van der Waals surface area contributed by atoms with Crippen molar-refractivity contribution in [2.75, 3.05) is 6.61 Å². The van der Waals surface area contributed by atoms with Gasteiger partial charge in [0.15, 0.2) is 0 Å². The summed E-state index contributed by atoms with van der Waals surface area (Å²) < 4.78 is 4.75. The van der Waals surface area contributed by atoms with Gasteiger partial charge in [-0.2, -0.15) is 0 Å². The SMILES string of the molecule is CC.CCOC(=O)c1nc(C)cs1. The summed E-state index contributed by atoms with van der Waals surface area (Å²) in [5, 5.41) is 2.26. The number of thiazole rings is 1. The van der Waals surface area contributed by atoms with Gasteiger partial charge in [-0.05, 0) is 13.8 Å². The molecule has 74 valence electrons. The number of aryl methyl sites for hydroxylation is 1. The maximum Gasteiger partial charge on any atom is 0.367 e. The molecule has 0 aliphatic rings. The van der Waals surface area contributed by atoms with E-state index in [9.17, 15) is 4.79 Å². The number of rotatable bonds is 2. The second kappa shape index (κ2) is 6.60. The van der Waals surface area contributed by atoms with Crippen molar-refractivity contribution in [3.63, 3.8) is 0 Å². The Morgan fingerprint density at radius 3 is 2.62 bits per heavy atom. The zero-order chi connectivity index (χ0) is 10.3. The summed E-state index contributed by atoms with van der Waals surface area (Å²) in [5.74, 6) is -0.328. The highest BCUT2D eigenvalue weighted by atomic mass is 32.1. The summed E-state index contributed by atoms with van der Waals surface area (Å²) in [5.41, 5.74) is 0.859. The second-order valence-corrected chi connectivity index (χ2v) is 2.87. The second-order valence-electron chi connectivity index (χ2n) is 2.01. The average Bonchev–Trinajstić information content (AvgIpc) is 2.56. The molecular formula is C9H15NO2S. The highest BCUT2D eigenvalue weighted by molar-refractivity contribution is 7.11.